The van der Waals surface area contributed by atoms with E-state index in [9.17, 15) is 0 Å². The lowest BCUT2D eigenvalue weighted by Crippen LogP contribution is -2.12. The van der Waals surface area contributed by atoms with Crippen LogP contribution in [0.2, 0.25) is 0 Å². The van der Waals surface area contributed by atoms with Gasteiger partial charge in [-0.05, 0) is 23.3 Å². The van der Waals surface area contributed by atoms with E-state index in [1.807, 2.05) is 18.2 Å². The molecule has 2 aromatic carbocycles. The van der Waals surface area contributed by atoms with E-state index in [1.54, 1.807) is 0 Å². The van der Waals surface area contributed by atoms with Crippen molar-refractivity contribution in [1.82, 2.24) is 0 Å². The first-order valence-corrected chi connectivity index (χ1v) is 7.19. The summed E-state index contributed by atoms with van der Waals surface area (Å²) in [6.45, 7) is 2.38. The van der Waals surface area contributed by atoms with E-state index in [2.05, 4.69) is 18.2 Å². The van der Waals surface area contributed by atoms with Crippen LogP contribution in [0.15, 0.2) is 36.4 Å². The third-order valence-electron chi connectivity index (χ3n) is 3.63. The molecule has 1 atom stereocenters. The molecule has 0 spiro atoms. The minimum absolute atomic E-state index is 0.470. The van der Waals surface area contributed by atoms with Gasteiger partial charge in [0.05, 0.1) is 19.1 Å². The van der Waals surface area contributed by atoms with E-state index in [1.165, 1.54) is 10.8 Å². The molecule has 1 fully saturated rings. The fraction of sp³-hybridized carbons (Fsp3) is 0.375. The average molecular weight is 277 g/mol. The molecular formula is C16H17ClO2. The second kappa shape index (κ2) is 5.81. The molecule has 0 bridgehead atoms. The predicted molar refractivity (Wildman–Crippen MR) is 77.9 cm³/mol. The van der Waals surface area contributed by atoms with Crippen molar-refractivity contribution in [2.75, 3.05) is 19.8 Å². The minimum Gasteiger partial charge on any atom is -0.493 e. The molecule has 0 amide bonds. The quantitative estimate of drug-likeness (QED) is 0.786. The second-order valence-electron chi connectivity index (χ2n) is 4.94. The van der Waals surface area contributed by atoms with Crippen LogP contribution in [0.4, 0.5) is 0 Å². The van der Waals surface area contributed by atoms with Crippen LogP contribution in [0.1, 0.15) is 12.0 Å². The normalized spacial score (nSPS) is 18.9. The first-order chi connectivity index (χ1) is 9.38. The van der Waals surface area contributed by atoms with E-state index in [0.29, 0.717) is 18.4 Å². The van der Waals surface area contributed by atoms with Gasteiger partial charge >= 0.3 is 0 Å². The summed E-state index contributed by atoms with van der Waals surface area (Å²) in [6.07, 6.45) is 1.09. The summed E-state index contributed by atoms with van der Waals surface area (Å²) < 4.78 is 11.3. The molecule has 2 nitrogen and oxygen atoms in total. The van der Waals surface area contributed by atoms with Gasteiger partial charge in [0.2, 0.25) is 0 Å². The third-order valence-corrected chi connectivity index (χ3v) is 3.90. The van der Waals surface area contributed by atoms with Crippen LogP contribution in [0.25, 0.3) is 10.8 Å². The van der Waals surface area contributed by atoms with Crippen LogP contribution in [-0.2, 0) is 10.6 Å². The fourth-order valence-corrected chi connectivity index (χ4v) is 2.79. The lowest BCUT2D eigenvalue weighted by molar-refractivity contribution is 0.167. The van der Waals surface area contributed by atoms with E-state index >= 15 is 0 Å². The van der Waals surface area contributed by atoms with Gasteiger partial charge in [-0.3, -0.25) is 0 Å². The molecule has 1 aliphatic rings. The molecule has 1 unspecified atom stereocenters. The van der Waals surface area contributed by atoms with Crippen LogP contribution in [0, 0.1) is 5.92 Å². The topological polar surface area (TPSA) is 18.5 Å². The second-order valence-corrected chi connectivity index (χ2v) is 5.20. The zero-order valence-electron chi connectivity index (χ0n) is 10.8. The third kappa shape index (κ3) is 2.70. The number of fused-ring (bicyclic) bond motifs is 1. The Labute approximate surface area is 118 Å². The van der Waals surface area contributed by atoms with E-state index in [0.717, 1.165) is 30.9 Å². The number of hydrogen-bond acceptors (Lipinski definition) is 2. The molecule has 1 aliphatic heterocycles. The Balaban J connectivity index is 1.85. The van der Waals surface area contributed by atoms with Crippen molar-refractivity contribution in [3.05, 3.63) is 42.0 Å². The van der Waals surface area contributed by atoms with E-state index in [-0.39, 0.29) is 0 Å². The lowest BCUT2D eigenvalue weighted by atomic mass is 10.0. The molecule has 0 saturated carbocycles. The first kappa shape index (κ1) is 12.8. The van der Waals surface area contributed by atoms with Gasteiger partial charge in [0.1, 0.15) is 5.75 Å². The Kier molecular flexibility index (Phi) is 3.90. The summed E-state index contributed by atoms with van der Waals surface area (Å²) in [5, 5.41) is 2.38. The highest BCUT2D eigenvalue weighted by Gasteiger charge is 2.17. The molecule has 0 radical (unpaired) electrons. The van der Waals surface area contributed by atoms with Gasteiger partial charge in [0.25, 0.3) is 0 Å². The van der Waals surface area contributed by atoms with Crippen molar-refractivity contribution in [3.63, 3.8) is 0 Å². The number of hydrogen-bond donors (Lipinski definition) is 0. The largest absolute Gasteiger partial charge is 0.493 e. The molecule has 1 saturated heterocycles. The Hall–Kier alpha value is -1.25. The highest BCUT2D eigenvalue weighted by Crippen LogP contribution is 2.30. The molecule has 3 rings (SSSR count). The SMILES string of the molecule is ClCc1c(OCC2CCOC2)ccc2ccccc12. The van der Waals surface area contributed by atoms with Crippen LogP contribution in [-0.4, -0.2) is 19.8 Å². The first-order valence-electron chi connectivity index (χ1n) is 6.65. The standard InChI is InChI=1S/C16H17ClO2/c17-9-15-14-4-2-1-3-13(14)5-6-16(15)19-11-12-7-8-18-10-12/h1-6,12H,7-11H2. The fourth-order valence-electron chi connectivity index (χ4n) is 2.51. The lowest BCUT2D eigenvalue weighted by Gasteiger charge is -2.14. The van der Waals surface area contributed by atoms with Crippen LogP contribution in [0.5, 0.6) is 5.75 Å². The zero-order valence-corrected chi connectivity index (χ0v) is 11.5. The summed E-state index contributed by atoms with van der Waals surface area (Å²) in [5.41, 5.74) is 1.08. The van der Waals surface area contributed by atoms with E-state index in [4.69, 9.17) is 21.1 Å². The van der Waals surface area contributed by atoms with Crippen LogP contribution >= 0.6 is 11.6 Å². The van der Waals surface area contributed by atoms with Gasteiger partial charge in [-0.15, -0.1) is 11.6 Å². The van der Waals surface area contributed by atoms with Crippen molar-refractivity contribution in [1.29, 1.82) is 0 Å². The predicted octanol–water partition coefficient (Wildman–Crippen LogP) is 3.99. The van der Waals surface area contributed by atoms with Crippen molar-refractivity contribution in [2.45, 2.75) is 12.3 Å². The van der Waals surface area contributed by atoms with Crippen LogP contribution < -0.4 is 4.74 Å². The van der Waals surface area contributed by atoms with Gasteiger partial charge in [-0.25, -0.2) is 0 Å². The smallest absolute Gasteiger partial charge is 0.124 e. The highest BCUT2D eigenvalue weighted by atomic mass is 35.5. The van der Waals surface area contributed by atoms with Crippen LogP contribution in [0.3, 0.4) is 0 Å². The summed E-state index contributed by atoms with van der Waals surface area (Å²) in [5.74, 6) is 1.88. The molecule has 3 heteroatoms. The molecular weight excluding hydrogens is 260 g/mol. The van der Waals surface area contributed by atoms with Gasteiger partial charge in [-0.1, -0.05) is 30.3 Å². The van der Waals surface area contributed by atoms with Gasteiger partial charge in [0.15, 0.2) is 0 Å². The maximum Gasteiger partial charge on any atom is 0.124 e. The van der Waals surface area contributed by atoms with Gasteiger partial charge in [0, 0.05) is 18.1 Å². The Morgan fingerprint density at radius 3 is 2.89 bits per heavy atom. The highest BCUT2D eigenvalue weighted by molar-refractivity contribution is 6.18. The maximum atomic E-state index is 6.10. The van der Waals surface area contributed by atoms with Crippen molar-refractivity contribution in [2.24, 2.45) is 5.92 Å². The molecule has 1 heterocycles. The zero-order chi connectivity index (χ0) is 13.1. The summed E-state index contributed by atoms with van der Waals surface area (Å²) in [4.78, 5) is 0. The number of rotatable bonds is 4. The Morgan fingerprint density at radius 2 is 2.11 bits per heavy atom. The Morgan fingerprint density at radius 1 is 1.21 bits per heavy atom. The summed E-state index contributed by atoms with van der Waals surface area (Å²) in [6, 6.07) is 12.4. The minimum atomic E-state index is 0.470. The van der Waals surface area contributed by atoms with Gasteiger partial charge < -0.3 is 9.47 Å². The molecule has 0 N–H and O–H groups in total. The molecule has 19 heavy (non-hydrogen) atoms. The van der Waals surface area contributed by atoms with Gasteiger partial charge in [-0.2, -0.15) is 0 Å². The van der Waals surface area contributed by atoms with Crippen molar-refractivity contribution < 1.29 is 9.47 Å². The number of alkyl halides is 1. The molecule has 0 aromatic heterocycles. The number of benzene rings is 2. The monoisotopic (exact) mass is 276 g/mol. The number of halogens is 1. The maximum absolute atomic E-state index is 6.10. The average Bonchev–Trinajstić information content (AvgIpc) is 2.97. The number of ether oxygens (including phenoxy) is 2. The summed E-state index contributed by atoms with van der Waals surface area (Å²) in [7, 11) is 0. The van der Waals surface area contributed by atoms with Crippen molar-refractivity contribution >= 4 is 22.4 Å². The molecule has 100 valence electrons. The molecule has 0 aliphatic carbocycles. The van der Waals surface area contributed by atoms with Crippen molar-refractivity contribution in [3.8, 4) is 5.75 Å². The molecule has 2 aromatic rings. The summed E-state index contributed by atoms with van der Waals surface area (Å²) >= 11 is 6.10. The Bertz CT molecular complexity index is 562. The van der Waals surface area contributed by atoms with E-state index < -0.39 is 0 Å².